The summed E-state index contributed by atoms with van der Waals surface area (Å²) in [5.74, 6) is 0.461. The Morgan fingerprint density at radius 1 is 1.22 bits per heavy atom. The third kappa shape index (κ3) is 5.93. The van der Waals surface area contributed by atoms with Gasteiger partial charge in [-0.15, -0.1) is 0 Å². The molecular formula is C18H19N3O5S. The highest BCUT2D eigenvalue weighted by Gasteiger charge is 2.13. The van der Waals surface area contributed by atoms with Gasteiger partial charge in [0, 0.05) is 12.1 Å². The van der Waals surface area contributed by atoms with Gasteiger partial charge in [0.25, 0.3) is 11.6 Å². The number of carbonyl (C=O) groups is 1. The van der Waals surface area contributed by atoms with E-state index in [0.29, 0.717) is 11.5 Å². The lowest BCUT2D eigenvalue weighted by Crippen LogP contribution is -2.37. The second-order valence-electron chi connectivity index (χ2n) is 5.43. The van der Waals surface area contributed by atoms with Crippen molar-refractivity contribution in [1.82, 2.24) is 5.32 Å². The average Bonchev–Trinajstić information content (AvgIpc) is 2.66. The van der Waals surface area contributed by atoms with Crippen LogP contribution in [0.15, 0.2) is 42.5 Å². The molecule has 9 heteroatoms. The van der Waals surface area contributed by atoms with E-state index < -0.39 is 10.8 Å². The van der Waals surface area contributed by atoms with Gasteiger partial charge >= 0.3 is 0 Å². The standard InChI is InChI=1S/C18H19N3O5S/c1-3-12-4-7-14(8-5-12)26-11-17(22)20-18(27)19-15-10-13(21(23)24)6-9-16(15)25-2/h4-10H,3,11H2,1-2H3,(H2,19,20,22,27). The number of hydrogen-bond donors (Lipinski definition) is 2. The first-order valence-electron chi connectivity index (χ1n) is 8.08. The second-order valence-corrected chi connectivity index (χ2v) is 5.84. The fraction of sp³-hybridized carbons (Fsp3) is 0.222. The summed E-state index contributed by atoms with van der Waals surface area (Å²) < 4.78 is 10.5. The Morgan fingerprint density at radius 2 is 1.93 bits per heavy atom. The third-order valence-corrected chi connectivity index (χ3v) is 3.80. The van der Waals surface area contributed by atoms with Gasteiger partial charge in [-0.05, 0) is 42.4 Å². The zero-order chi connectivity index (χ0) is 19.8. The highest BCUT2D eigenvalue weighted by molar-refractivity contribution is 7.80. The predicted molar refractivity (Wildman–Crippen MR) is 105 cm³/mol. The number of nitrogens with zero attached hydrogens (tertiary/aromatic N) is 1. The Kier molecular flexibility index (Phi) is 7.07. The Balaban J connectivity index is 1.91. The second kappa shape index (κ2) is 9.48. The minimum atomic E-state index is -0.538. The van der Waals surface area contributed by atoms with E-state index in [0.717, 1.165) is 6.42 Å². The zero-order valence-electron chi connectivity index (χ0n) is 14.9. The Bertz CT molecular complexity index is 839. The van der Waals surface area contributed by atoms with E-state index in [1.807, 2.05) is 19.1 Å². The molecule has 0 saturated heterocycles. The number of hydrogen-bond acceptors (Lipinski definition) is 6. The van der Waals surface area contributed by atoms with Crippen molar-refractivity contribution in [3.63, 3.8) is 0 Å². The molecule has 0 radical (unpaired) electrons. The molecule has 0 aromatic heterocycles. The molecule has 2 N–H and O–H groups in total. The van der Waals surface area contributed by atoms with E-state index in [2.05, 4.69) is 10.6 Å². The summed E-state index contributed by atoms with van der Waals surface area (Å²) in [6.07, 6.45) is 0.918. The van der Waals surface area contributed by atoms with E-state index >= 15 is 0 Å². The molecule has 0 saturated carbocycles. The molecule has 0 unspecified atom stereocenters. The van der Waals surface area contributed by atoms with E-state index in [9.17, 15) is 14.9 Å². The number of carbonyl (C=O) groups excluding carboxylic acids is 1. The molecule has 0 heterocycles. The van der Waals surface area contributed by atoms with Crippen LogP contribution in [0.4, 0.5) is 11.4 Å². The number of benzene rings is 2. The number of nitrogens with one attached hydrogen (secondary N) is 2. The van der Waals surface area contributed by atoms with Gasteiger partial charge < -0.3 is 14.8 Å². The van der Waals surface area contributed by atoms with Crippen molar-refractivity contribution in [3.8, 4) is 11.5 Å². The van der Waals surface area contributed by atoms with Crippen LogP contribution in [0.25, 0.3) is 0 Å². The topological polar surface area (TPSA) is 103 Å². The molecular weight excluding hydrogens is 370 g/mol. The maximum atomic E-state index is 12.0. The summed E-state index contributed by atoms with van der Waals surface area (Å²) in [6.45, 7) is 1.83. The van der Waals surface area contributed by atoms with Crippen LogP contribution in [0, 0.1) is 10.1 Å². The van der Waals surface area contributed by atoms with Crippen molar-refractivity contribution in [3.05, 3.63) is 58.1 Å². The molecule has 1 amide bonds. The minimum absolute atomic E-state index is 0.0243. The quantitative estimate of drug-likeness (QED) is 0.426. The zero-order valence-corrected chi connectivity index (χ0v) is 15.7. The van der Waals surface area contributed by atoms with Gasteiger partial charge in [0.05, 0.1) is 17.7 Å². The number of aryl methyl sites for hydroxylation is 1. The van der Waals surface area contributed by atoms with Gasteiger partial charge in [-0.3, -0.25) is 20.2 Å². The van der Waals surface area contributed by atoms with Crippen LogP contribution in [0.5, 0.6) is 11.5 Å². The van der Waals surface area contributed by atoms with Crippen molar-refractivity contribution in [2.75, 3.05) is 19.0 Å². The van der Waals surface area contributed by atoms with Gasteiger partial charge in [-0.25, -0.2) is 0 Å². The third-order valence-electron chi connectivity index (χ3n) is 3.60. The van der Waals surface area contributed by atoms with Crippen LogP contribution in [0.3, 0.4) is 0 Å². The first-order valence-corrected chi connectivity index (χ1v) is 8.48. The summed E-state index contributed by atoms with van der Waals surface area (Å²) in [5.41, 5.74) is 1.31. The fourth-order valence-electron chi connectivity index (χ4n) is 2.19. The number of anilines is 1. The summed E-state index contributed by atoms with van der Waals surface area (Å²) in [4.78, 5) is 22.3. The number of ether oxygens (including phenoxy) is 2. The van der Waals surface area contributed by atoms with Gasteiger partial charge in [0.1, 0.15) is 11.5 Å². The Labute approximate surface area is 161 Å². The molecule has 0 aliphatic heterocycles. The highest BCUT2D eigenvalue weighted by atomic mass is 32.1. The summed E-state index contributed by atoms with van der Waals surface area (Å²) in [6, 6.07) is 11.4. The van der Waals surface area contributed by atoms with E-state index in [1.165, 1.54) is 30.9 Å². The van der Waals surface area contributed by atoms with E-state index in [-0.39, 0.29) is 23.1 Å². The molecule has 2 rings (SSSR count). The molecule has 0 fully saturated rings. The number of thiocarbonyl (C=S) groups is 1. The molecule has 8 nitrogen and oxygen atoms in total. The van der Waals surface area contributed by atoms with Crippen molar-refractivity contribution in [1.29, 1.82) is 0 Å². The van der Waals surface area contributed by atoms with Crippen LogP contribution in [-0.2, 0) is 11.2 Å². The minimum Gasteiger partial charge on any atom is -0.495 e. The normalized spacial score (nSPS) is 10.0. The maximum absolute atomic E-state index is 12.0. The van der Waals surface area contributed by atoms with Crippen LogP contribution in [0.2, 0.25) is 0 Å². The maximum Gasteiger partial charge on any atom is 0.271 e. The van der Waals surface area contributed by atoms with Crippen molar-refractivity contribution < 1.29 is 19.2 Å². The largest absolute Gasteiger partial charge is 0.495 e. The first-order chi connectivity index (χ1) is 12.9. The molecule has 2 aromatic rings. The molecule has 2 aromatic carbocycles. The monoisotopic (exact) mass is 389 g/mol. The molecule has 0 bridgehead atoms. The SMILES string of the molecule is CCc1ccc(OCC(=O)NC(=S)Nc2cc([N+](=O)[O-])ccc2OC)cc1. The lowest BCUT2D eigenvalue weighted by molar-refractivity contribution is -0.384. The van der Waals surface area contributed by atoms with Gasteiger partial charge in [0.2, 0.25) is 0 Å². The lowest BCUT2D eigenvalue weighted by atomic mass is 10.2. The number of non-ortho nitro benzene ring substituents is 1. The molecule has 0 spiro atoms. The van der Waals surface area contributed by atoms with Crippen LogP contribution in [-0.4, -0.2) is 29.7 Å². The van der Waals surface area contributed by atoms with Crippen LogP contribution < -0.4 is 20.1 Å². The van der Waals surface area contributed by atoms with Crippen LogP contribution >= 0.6 is 12.2 Å². The first kappa shape index (κ1) is 20.1. The van der Waals surface area contributed by atoms with Crippen molar-refractivity contribution >= 4 is 34.6 Å². The van der Waals surface area contributed by atoms with Gasteiger partial charge in [-0.1, -0.05) is 19.1 Å². The van der Waals surface area contributed by atoms with E-state index in [1.54, 1.807) is 12.1 Å². The fourth-order valence-corrected chi connectivity index (χ4v) is 2.42. The molecule has 27 heavy (non-hydrogen) atoms. The predicted octanol–water partition coefficient (Wildman–Crippen LogP) is 3.06. The molecule has 0 atom stereocenters. The van der Waals surface area contributed by atoms with Crippen molar-refractivity contribution in [2.24, 2.45) is 0 Å². The van der Waals surface area contributed by atoms with Gasteiger partial charge in [-0.2, -0.15) is 0 Å². The summed E-state index contributed by atoms with van der Waals surface area (Å²) in [7, 11) is 1.42. The number of rotatable bonds is 7. The number of nitro groups is 1. The molecule has 0 aliphatic rings. The molecule has 142 valence electrons. The van der Waals surface area contributed by atoms with E-state index in [4.69, 9.17) is 21.7 Å². The summed E-state index contributed by atoms with van der Waals surface area (Å²) in [5, 5.41) is 16.0. The number of amides is 1. The van der Waals surface area contributed by atoms with Crippen molar-refractivity contribution in [2.45, 2.75) is 13.3 Å². The highest BCUT2D eigenvalue weighted by Crippen LogP contribution is 2.28. The van der Waals surface area contributed by atoms with Gasteiger partial charge in [0.15, 0.2) is 11.7 Å². The summed E-state index contributed by atoms with van der Waals surface area (Å²) >= 11 is 5.07. The lowest BCUT2D eigenvalue weighted by Gasteiger charge is -2.13. The average molecular weight is 389 g/mol. The Morgan fingerprint density at radius 3 is 2.52 bits per heavy atom. The van der Waals surface area contributed by atoms with Crippen LogP contribution in [0.1, 0.15) is 12.5 Å². The smallest absolute Gasteiger partial charge is 0.271 e. The Hall–Kier alpha value is -3.20. The molecule has 0 aliphatic carbocycles. The number of methoxy groups -OCH3 is 1. The number of nitro benzene ring substituents is 1.